The number of nitrogens with zero attached hydrogens (tertiary/aromatic N) is 2. The molecule has 2 rings (SSSR count). The van der Waals surface area contributed by atoms with Crippen molar-refractivity contribution in [2.75, 3.05) is 33.2 Å². The van der Waals surface area contributed by atoms with Gasteiger partial charge in [0.25, 0.3) is 0 Å². The Morgan fingerprint density at radius 1 is 1.44 bits per heavy atom. The smallest absolute Gasteiger partial charge is 0.0482 e. The van der Waals surface area contributed by atoms with Crippen LogP contribution < -0.4 is 5.73 Å². The fourth-order valence-corrected chi connectivity index (χ4v) is 3.80. The van der Waals surface area contributed by atoms with Crippen LogP contribution in [0.1, 0.15) is 28.3 Å². The van der Waals surface area contributed by atoms with Gasteiger partial charge in [-0.3, -0.25) is 4.90 Å². The third kappa shape index (κ3) is 2.77. The average Bonchev–Trinajstić information content (AvgIpc) is 2.64. The summed E-state index contributed by atoms with van der Waals surface area (Å²) in [6, 6.07) is 3.33. The Morgan fingerprint density at radius 3 is 2.67 bits per heavy atom. The SMILES string of the molecule is Cc1cc(C(CN)N2CCN(C)C(C)C2)c(C)s1. The first kappa shape index (κ1) is 14.0. The van der Waals surface area contributed by atoms with Gasteiger partial charge in [0.05, 0.1) is 0 Å². The van der Waals surface area contributed by atoms with E-state index >= 15 is 0 Å². The van der Waals surface area contributed by atoms with Crippen LogP contribution in [0.4, 0.5) is 0 Å². The van der Waals surface area contributed by atoms with E-state index < -0.39 is 0 Å². The van der Waals surface area contributed by atoms with Crippen LogP contribution in [0.2, 0.25) is 0 Å². The molecule has 4 heteroatoms. The van der Waals surface area contributed by atoms with Crippen LogP contribution in [0.5, 0.6) is 0 Å². The molecule has 3 nitrogen and oxygen atoms in total. The molecule has 1 aromatic heterocycles. The van der Waals surface area contributed by atoms with Crippen molar-refractivity contribution in [1.82, 2.24) is 9.80 Å². The summed E-state index contributed by atoms with van der Waals surface area (Å²) in [5.74, 6) is 0. The topological polar surface area (TPSA) is 32.5 Å². The lowest BCUT2D eigenvalue weighted by Crippen LogP contribution is -2.52. The number of nitrogens with two attached hydrogens (primary N) is 1. The molecule has 1 fully saturated rings. The monoisotopic (exact) mass is 267 g/mol. The Hall–Kier alpha value is -0.420. The van der Waals surface area contributed by atoms with Crippen LogP contribution in [0.15, 0.2) is 6.07 Å². The van der Waals surface area contributed by atoms with E-state index in [1.807, 2.05) is 11.3 Å². The molecule has 0 bridgehead atoms. The molecular weight excluding hydrogens is 242 g/mol. The van der Waals surface area contributed by atoms with Crippen molar-refractivity contribution < 1.29 is 0 Å². The summed E-state index contributed by atoms with van der Waals surface area (Å²) in [5, 5.41) is 0. The quantitative estimate of drug-likeness (QED) is 0.909. The molecule has 0 spiro atoms. The van der Waals surface area contributed by atoms with Gasteiger partial charge in [-0.2, -0.15) is 0 Å². The maximum Gasteiger partial charge on any atom is 0.0482 e. The van der Waals surface area contributed by atoms with Gasteiger partial charge in [-0.25, -0.2) is 0 Å². The highest BCUT2D eigenvalue weighted by Crippen LogP contribution is 2.30. The maximum absolute atomic E-state index is 6.04. The Balaban J connectivity index is 2.16. The van der Waals surface area contributed by atoms with Crippen LogP contribution >= 0.6 is 11.3 Å². The Labute approximate surface area is 115 Å². The lowest BCUT2D eigenvalue weighted by Gasteiger charge is -2.41. The van der Waals surface area contributed by atoms with Gasteiger partial charge in [-0.05, 0) is 39.4 Å². The van der Waals surface area contributed by atoms with E-state index in [9.17, 15) is 0 Å². The minimum absolute atomic E-state index is 0.395. The Morgan fingerprint density at radius 2 is 2.17 bits per heavy atom. The van der Waals surface area contributed by atoms with Crippen molar-refractivity contribution in [3.05, 3.63) is 21.4 Å². The number of hydrogen-bond donors (Lipinski definition) is 1. The first-order valence-electron chi connectivity index (χ1n) is 6.74. The highest BCUT2D eigenvalue weighted by molar-refractivity contribution is 7.12. The molecule has 0 amide bonds. The van der Waals surface area contributed by atoms with Gasteiger partial charge >= 0.3 is 0 Å². The fraction of sp³-hybridized carbons (Fsp3) is 0.714. The van der Waals surface area contributed by atoms with Crippen molar-refractivity contribution >= 4 is 11.3 Å². The molecule has 1 aromatic rings. The van der Waals surface area contributed by atoms with E-state index in [1.165, 1.54) is 15.3 Å². The van der Waals surface area contributed by atoms with Gasteiger partial charge in [-0.15, -0.1) is 11.3 Å². The minimum Gasteiger partial charge on any atom is -0.329 e. The number of aryl methyl sites for hydroxylation is 2. The molecule has 0 saturated carbocycles. The van der Waals surface area contributed by atoms with Crippen molar-refractivity contribution in [3.8, 4) is 0 Å². The van der Waals surface area contributed by atoms with Crippen molar-refractivity contribution in [3.63, 3.8) is 0 Å². The zero-order valence-electron chi connectivity index (χ0n) is 11.9. The average molecular weight is 267 g/mol. The second-order valence-electron chi connectivity index (χ2n) is 5.44. The molecule has 2 atom stereocenters. The first-order chi connectivity index (χ1) is 8.52. The standard InChI is InChI=1S/C14H25N3S/c1-10-9-17(6-5-16(10)4)14(8-15)13-7-11(2)18-12(13)3/h7,10,14H,5-6,8-9,15H2,1-4H3. The number of thiophene rings is 1. The number of piperazine rings is 1. The number of rotatable bonds is 3. The van der Waals surface area contributed by atoms with Gasteiger partial charge < -0.3 is 10.6 Å². The largest absolute Gasteiger partial charge is 0.329 e. The third-order valence-corrected chi connectivity index (χ3v) is 5.08. The van der Waals surface area contributed by atoms with Crippen molar-refractivity contribution in [2.24, 2.45) is 5.73 Å². The van der Waals surface area contributed by atoms with Gasteiger partial charge in [-0.1, -0.05) is 0 Å². The van der Waals surface area contributed by atoms with Crippen LogP contribution in [0.25, 0.3) is 0 Å². The molecular formula is C14H25N3S. The Bertz CT molecular complexity index is 402. The summed E-state index contributed by atoms with van der Waals surface area (Å²) >= 11 is 1.89. The molecule has 0 aliphatic carbocycles. The lowest BCUT2D eigenvalue weighted by molar-refractivity contribution is 0.0741. The van der Waals surface area contributed by atoms with Crippen LogP contribution in [-0.2, 0) is 0 Å². The van der Waals surface area contributed by atoms with Crippen molar-refractivity contribution in [1.29, 1.82) is 0 Å². The van der Waals surface area contributed by atoms with Gasteiger partial charge in [0.15, 0.2) is 0 Å². The van der Waals surface area contributed by atoms with Gasteiger partial charge in [0.1, 0.15) is 0 Å². The zero-order chi connectivity index (χ0) is 13.3. The summed E-state index contributed by atoms with van der Waals surface area (Å²) in [6.07, 6.45) is 0. The molecule has 1 aliphatic heterocycles. The number of likely N-dealkylation sites (N-methyl/N-ethyl adjacent to an activating group) is 1. The zero-order valence-corrected chi connectivity index (χ0v) is 12.8. The highest BCUT2D eigenvalue weighted by atomic mass is 32.1. The van der Waals surface area contributed by atoms with E-state index in [4.69, 9.17) is 5.73 Å². The second-order valence-corrected chi connectivity index (χ2v) is 6.91. The predicted molar refractivity (Wildman–Crippen MR) is 79.3 cm³/mol. The first-order valence-corrected chi connectivity index (χ1v) is 7.56. The molecule has 2 N–H and O–H groups in total. The summed E-state index contributed by atoms with van der Waals surface area (Å²) in [6.45, 7) is 10.8. The van der Waals surface area contributed by atoms with E-state index in [-0.39, 0.29) is 0 Å². The van der Waals surface area contributed by atoms with E-state index in [1.54, 1.807) is 0 Å². The Kier molecular flexibility index (Phi) is 4.43. The summed E-state index contributed by atoms with van der Waals surface area (Å²) < 4.78 is 0. The van der Waals surface area contributed by atoms with Crippen LogP contribution in [-0.4, -0.2) is 49.1 Å². The summed E-state index contributed by atoms with van der Waals surface area (Å²) in [7, 11) is 2.21. The second kappa shape index (κ2) is 5.70. The highest BCUT2D eigenvalue weighted by Gasteiger charge is 2.28. The third-order valence-electron chi connectivity index (χ3n) is 4.09. The maximum atomic E-state index is 6.04. The van der Waals surface area contributed by atoms with E-state index in [2.05, 4.69) is 43.7 Å². The molecule has 0 aromatic carbocycles. The molecule has 18 heavy (non-hydrogen) atoms. The summed E-state index contributed by atoms with van der Waals surface area (Å²) in [5.41, 5.74) is 7.48. The molecule has 2 unspecified atom stereocenters. The van der Waals surface area contributed by atoms with Crippen molar-refractivity contribution in [2.45, 2.75) is 32.9 Å². The molecule has 0 radical (unpaired) electrons. The normalized spacial score (nSPS) is 24.4. The minimum atomic E-state index is 0.395. The van der Waals surface area contributed by atoms with Crippen LogP contribution in [0, 0.1) is 13.8 Å². The molecule has 102 valence electrons. The summed E-state index contributed by atoms with van der Waals surface area (Å²) in [4.78, 5) is 7.80. The van der Waals surface area contributed by atoms with Crippen LogP contribution in [0.3, 0.4) is 0 Å². The van der Waals surface area contributed by atoms with Gasteiger partial charge in [0, 0.05) is 48.0 Å². The molecule has 1 saturated heterocycles. The van der Waals surface area contributed by atoms with Gasteiger partial charge in [0.2, 0.25) is 0 Å². The van der Waals surface area contributed by atoms with E-state index in [0.717, 1.165) is 19.6 Å². The fourth-order valence-electron chi connectivity index (χ4n) is 2.81. The molecule has 2 heterocycles. The number of hydrogen-bond acceptors (Lipinski definition) is 4. The lowest BCUT2D eigenvalue weighted by atomic mass is 10.0. The molecule has 1 aliphatic rings. The van der Waals surface area contributed by atoms with E-state index in [0.29, 0.717) is 18.6 Å². The predicted octanol–water partition coefficient (Wildman–Crippen LogP) is 2.00.